The van der Waals surface area contributed by atoms with Crippen LogP contribution >= 0.6 is 22.6 Å². The van der Waals surface area contributed by atoms with Crippen molar-refractivity contribution in [3.8, 4) is 0 Å². The number of hydrogen-bond donors (Lipinski definition) is 1. The molecule has 0 atom stereocenters. The SMILES string of the molecule is CC(C)(I)c1c(N)ncc2ccccc12. The number of rotatable bonds is 1. The van der Waals surface area contributed by atoms with Gasteiger partial charge in [-0.2, -0.15) is 0 Å². The van der Waals surface area contributed by atoms with Gasteiger partial charge in [0.15, 0.2) is 0 Å². The molecule has 0 spiro atoms. The van der Waals surface area contributed by atoms with Crippen LogP contribution in [0.2, 0.25) is 0 Å². The van der Waals surface area contributed by atoms with Crippen molar-refractivity contribution in [3.63, 3.8) is 0 Å². The molecule has 0 saturated heterocycles. The van der Waals surface area contributed by atoms with E-state index < -0.39 is 0 Å². The molecule has 0 aliphatic carbocycles. The van der Waals surface area contributed by atoms with Crippen molar-refractivity contribution in [3.05, 3.63) is 36.0 Å². The van der Waals surface area contributed by atoms with E-state index >= 15 is 0 Å². The Balaban J connectivity index is 2.86. The summed E-state index contributed by atoms with van der Waals surface area (Å²) < 4.78 is -0.00426. The Kier molecular flexibility index (Phi) is 2.58. The maximum Gasteiger partial charge on any atom is 0.128 e. The zero-order chi connectivity index (χ0) is 11.1. The Labute approximate surface area is 103 Å². The molecule has 0 radical (unpaired) electrons. The molecule has 2 nitrogen and oxygen atoms in total. The summed E-state index contributed by atoms with van der Waals surface area (Å²) in [6, 6.07) is 8.22. The summed E-state index contributed by atoms with van der Waals surface area (Å²) in [5, 5.41) is 2.34. The summed E-state index contributed by atoms with van der Waals surface area (Å²) >= 11 is 2.40. The quantitative estimate of drug-likeness (QED) is 0.647. The molecule has 0 unspecified atom stereocenters. The number of alkyl halides is 1. The first-order valence-corrected chi connectivity index (χ1v) is 5.90. The van der Waals surface area contributed by atoms with Crippen LogP contribution in [0, 0.1) is 0 Å². The Morgan fingerprint density at radius 2 is 1.93 bits per heavy atom. The maximum atomic E-state index is 5.96. The molecule has 2 N–H and O–H groups in total. The molecule has 0 aliphatic rings. The van der Waals surface area contributed by atoms with Crippen LogP contribution in [0.1, 0.15) is 19.4 Å². The first kappa shape index (κ1) is 10.7. The van der Waals surface area contributed by atoms with Gasteiger partial charge in [0.25, 0.3) is 0 Å². The highest BCUT2D eigenvalue weighted by atomic mass is 127. The number of hydrogen-bond acceptors (Lipinski definition) is 2. The Hall–Kier alpha value is -0.840. The van der Waals surface area contributed by atoms with Gasteiger partial charge in [-0.05, 0) is 19.2 Å². The van der Waals surface area contributed by atoms with Crippen molar-refractivity contribution < 1.29 is 0 Å². The smallest absolute Gasteiger partial charge is 0.128 e. The summed E-state index contributed by atoms with van der Waals surface area (Å²) in [4.78, 5) is 4.25. The van der Waals surface area contributed by atoms with Crippen molar-refractivity contribution in [2.75, 3.05) is 5.73 Å². The van der Waals surface area contributed by atoms with Crippen LogP contribution in [-0.4, -0.2) is 4.98 Å². The van der Waals surface area contributed by atoms with Crippen LogP contribution in [0.25, 0.3) is 10.8 Å². The van der Waals surface area contributed by atoms with Crippen molar-refractivity contribution in [1.82, 2.24) is 4.98 Å². The number of nitrogens with zero attached hydrogens (tertiary/aromatic N) is 1. The van der Waals surface area contributed by atoms with Crippen LogP contribution in [0.3, 0.4) is 0 Å². The van der Waals surface area contributed by atoms with E-state index in [1.807, 2.05) is 18.3 Å². The summed E-state index contributed by atoms with van der Waals surface area (Å²) in [6.07, 6.45) is 1.83. The fourth-order valence-electron chi connectivity index (χ4n) is 1.80. The summed E-state index contributed by atoms with van der Waals surface area (Å²) in [6.45, 7) is 4.29. The third-order valence-electron chi connectivity index (χ3n) is 2.42. The van der Waals surface area contributed by atoms with Gasteiger partial charge in [0.2, 0.25) is 0 Å². The Bertz CT molecular complexity index is 500. The number of benzene rings is 1. The van der Waals surface area contributed by atoms with Crippen LogP contribution in [0.15, 0.2) is 30.5 Å². The number of fused-ring (bicyclic) bond motifs is 1. The third-order valence-corrected chi connectivity index (χ3v) is 2.96. The van der Waals surface area contributed by atoms with E-state index in [1.54, 1.807) is 0 Å². The van der Waals surface area contributed by atoms with Crippen molar-refractivity contribution in [1.29, 1.82) is 0 Å². The summed E-state index contributed by atoms with van der Waals surface area (Å²) in [5.74, 6) is 0.633. The van der Waals surface area contributed by atoms with E-state index in [2.05, 4.69) is 53.6 Å². The van der Waals surface area contributed by atoms with Crippen LogP contribution in [0.5, 0.6) is 0 Å². The lowest BCUT2D eigenvalue weighted by molar-refractivity contribution is 0.834. The molecule has 3 heteroatoms. The average molecular weight is 312 g/mol. The van der Waals surface area contributed by atoms with E-state index in [4.69, 9.17) is 5.73 Å². The Morgan fingerprint density at radius 3 is 2.60 bits per heavy atom. The van der Waals surface area contributed by atoms with Gasteiger partial charge in [-0.15, -0.1) is 0 Å². The van der Waals surface area contributed by atoms with Crippen molar-refractivity contribution in [2.24, 2.45) is 0 Å². The molecule has 0 fully saturated rings. The zero-order valence-electron chi connectivity index (χ0n) is 8.79. The fraction of sp³-hybridized carbons (Fsp3) is 0.250. The lowest BCUT2D eigenvalue weighted by atomic mass is 9.97. The second-order valence-corrected chi connectivity index (χ2v) is 6.78. The molecule has 0 saturated carbocycles. The monoisotopic (exact) mass is 312 g/mol. The average Bonchev–Trinajstić information content (AvgIpc) is 2.15. The molecular formula is C12H13IN2. The van der Waals surface area contributed by atoms with E-state index in [9.17, 15) is 0 Å². The first-order chi connectivity index (χ1) is 7.00. The van der Waals surface area contributed by atoms with Crippen molar-refractivity contribution in [2.45, 2.75) is 17.3 Å². The van der Waals surface area contributed by atoms with Gasteiger partial charge >= 0.3 is 0 Å². The molecule has 1 aromatic carbocycles. The molecule has 15 heavy (non-hydrogen) atoms. The van der Waals surface area contributed by atoms with Gasteiger partial charge in [-0.3, -0.25) is 0 Å². The minimum absolute atomic E-state index is 0.00426. The highest BCUT2D eigenvalue weighted by molar-refractivity contribution is 14.1. The largest absolute Gasteiger partial charge is 0.383 e. The zero-order valence-corrected chi connectivity index (χ0v) is 10.9. The Morgan fingerprint density at radius 1 is 1.27 bits per heavy atom. The number of halogens is 1. The lowest BCUT2D eigenvalue weighted by Gasteiger charge is -2.20. The highest BCUT2D eigenvalue weighted by Gasteiger charge is 2.22. The molecule has 0 amide bonds. The minimum atomic E-state index is -0.00426. The standard InChI is InChI=1S/C12H13IN2/c1-12(2,13)10-9-6-4-3-5-8(9)7-15-11(10)14/h3-7H,1-2H3,(H2,14,15). The van der Waals surface area contributed by atoms with E-state index in [0.717, 1.165) is 10.9 Å². The number of nitrogen functional groups attached to an aromatic ring is 1. The van der Waals surface area contributed by atoms with Gasteiger partial charge in [0.1, 0.15) is 5.82 Å². The predicted octanol–water partition coefficient (Wildman–Crippen LogP) is 3.49. The van der Waals surface area contributed by atoms with Gasteiger partial charge in [0.05, 0.1) is 0 Å². The normalized spacial score (nSPS) is 11.9. The van der Waals surface area contributed by atoms with E-state index in [-0.39, 0.29) is 3.42 Å². The van der Waals surface area contributed by atoms with Gasteiger partial charge in [-0.1, -0.05) is 46.9 Å². The molecule has 78 valence electrons. The number of nitrogens with two attached hydrogens (primary N) is 1. The fourth-order valence-corrected chi connectivity index (χ4v) is 2.37. The summed E-state index contributed by atoms with van der Waals surface area (Å²) in [5.41, 5.74) is 7.08. The summed E-state index contributed by atoms with van der Waals surface area (Å²) in [7, 11) is 0. The molecule has 1 aromatic heterocycles. The number of anilines is 1. The second-order valence-electron chi connectivity index (χ2n) is 4.08. The van der Waals surface area contributed by atoms with Crippen LogP contribution in [-0.2, 0) is 3.42 Å². The first-order valence-electron chi connectivity index (χ1n) is 4.83. The van der Waals surface area contributed by atoms with Gasteiger partial charge < -0.3 is 5.73 Å². The van der Waals surface area contributed by atoms with Crippen molar-refractivity contribution >= 4 is 39.2 Å². The third kappa shape index (κ3) is 1.93. The molecule has 0 bridgehead atoms. The lowest BCUT2D eigenvalue weighted by Crippen LogP contribution is -2.12. The molecular weight excluding hydrogens is 299 g/mol. The molecule has 2 aromatic rings. The second kappa shape index (κ2) is 3.63. The minimum Gasteiger partial charge on any atom is -0.383 e. The number of aromatic nitrogens is 1. The predicted molar refractivity (Wildman–Crippen MR) is 73.2 cm³/mol. The van der Waals surface area contributed by atoms with E-state index in [1.165, 1.54) is 5.39 Å². The molecule has 1 heterocycles. The number of pyridine rings is 1. The van der Waals surface area contributed by atoms with Crippen LogP contribution in [0.4, 0.5) is 5.82 Å². The molecule has 2 rings (SSSR count). The highest BCUT2D eigenvalue weighted by Crippen LogP contribution is 2.38. The van der Waals surface area contributed by atoms with E-state index in [0.29, 0.717) is 5.82 Å². The topological polar surface area (TPSA) is 38.9 Å². The van der Waals surface area contributed by atoms with Gasteiger partial charge in [-0.25, -0.2) is 4.98 Å². The van der Waals surface area contributed by atoms with Gasteiger partial charge in [0, 0.05) is 20.6 Å². The van der Waals surface area contributed by atoms with Crippen LogP contribution < -0.4 is 5.73 Å². The molecule has 0 aliphatic heterocycles. The maximum absolute atomic E-state index is 5.96.